The Bertz CT molecular complexity index is 1090. The van der Waals surface area contributed by atoms with E-state index in [-0.39, 0.29) is 29.5 Å². The van der Waals surface area contributed by atoms with Crippen LogP contribution in [0, 0.1) is 0 Å². The van der Waals surface area contributed by atoms with E-state index in [1.165, 1.54) is 17.3 Å². The summed E-state index contributed by atoms with van der Waals surface area (Å²) in [5.41, 5.74) is 2.35. The molecular weight excluding hydrogens is 466 g/mol. The molecule has 0 aliphatic carbocycles. The van der Waals surface area contributed by atoms with Crippen molar-refractivity contribution in [2.24, 2.45) is 0 Å². The van der Waals surface area contributed by atoms with Crippen LogP contribution in [-0.4, -0.2) is 50.3 Å². The van der Waals surface area contributed by atoms with Crippen molar-refractivity contribution < 1.29 is 9.59 Å². The molecule has 0 bridgehead atoms. The highest BCUT2D eigenvalue weighted by Crippen LogP contribution is 2.27. The van der Waals surface area contributed by atoms with E-state index in [2.05, 4.69) is 60.6 Å². The van der Waals surface area contributed by atoms with Gasteiger partial charge < -0.3 is 14.8 Å². The van der Waals surface area contributed by atoms with E-state index in [1.54, 1.807) is 16.2 Å². The smallest absolute Gasteiger partial charge is 0.239 e. The van der Waals surface area contributed by atoms with E-state index in [4.69, 9.17) is 0 Å². The molecule has 0 fully saturated rings. The van der Waals surface area contributed by atoms with Crippen LogP contribution in [0.25, 0.3) is 11.4 Å². The van der Waals surface area contributed by atoms with Crippen LogP contribution in [-0.2, 0) is 28.1 Å². The lowest BCUT2D eigenvalue weighted by Crippen LogP contribution is -2.41. The number of carbonyl (C=O) groups excluding carboxylic acids is 2. The molecule has 0 aliphatic heterocycles. The molecule has 34 heavy (non-hydrogen) atoms. The molecule has 1 aromatic carbocycles. The van der Waals surface area contributed by atoms with E-state index in [1.807, 2.05) is 35.9 Å². The Labute approximate surface area is 210 Å². The van der Waals surface area contributed by atoms with Gasteiger partial charge in [-0.2, -0.15) is 0 Å². The quantitative estimate of drug-likeness (QED) is 0.413. The first kappa shape index (κ1) is 26.0. The minimum Gasteiger partial charge on any atom is -0.350 e. The molecule has 2 heterocycles. The van der Waals surface area contributed by atoms with Gasteiger partial charge >= 0.3 is 0 Å². The van der Waals surface area contributed by atoms with Crippen LogP contribution >= 0.6 is 23.1 Å². The molecule has 0 aliphatic rings. The summed E-state index contributed by atoms with van der Waals surface area (Å²) in [6, 6.07) is 12.3. The Hall–Kier alpha value is -2.65. The number of carbonyl (C=O) groups is 2. The molecule has 0 atom stereocenters. The standard InChI is InChI=1S/C25H33N5O2S2/c1-6-29(16-21(31)26-15-20-9-8-14-33-20)22(32)17-34-24-28-27-23(30(24)7-2)18-10-12-19(13-11-18)25(3,4)5/h8-14H,6-7,15-17H2,1-5H3,(H,26,31). The van der Waals surface area contributed by atoms with E-state index in [0.717, 1.165) is 16.3 Å². The monoisotopic (exact) mass is 499 g/mol. The third-order valence-electron chi connectivity index (χ3n) is 5.48. The molecule has 3 rings (SSSR count). The van der Waals surface area contributed by atoms with Gasteiger partial charge in [0.2, 0.25) is 11.8 Å². The van der Waals surface area contributed by atoms with Gasteiger partial charge in [-0.05, 0) is 36.3 Å². The van der Waals surface area contributed by atoms with Crippen molar-refractivity contribution in [3.05, 3.63) is 52.2 Å². The predicted molar refractivity (Wildman–Crippen MR) is 139 cm³/mol. The lowest BCUT2D eigenvalue weighted by Gasteiger charge is -2.20. The van der Waals surface area contributed by atoms with Gasteiger partial charge in [-0.1, -0.05) is 62.9 Å². The van der Waals surface area contributed by atoms with Crippen molar-refractivity contribution in [2.45, 2.75) is 58.3 Å². The zero-order chi connectivity index (χ0) is 24.7. The second-order valence-electron chi connectivity index (χ2n) is 8.93. The van der Waals surface area contributed by atoms with Gasteiger partial charge in [0, 0.05) is 23.5 Å². The lowest BCUT2D eigenvalue weighted by molar-refractivity contribution is -0.133. The summed E-state index contributed by atoms with van der Waals surface area (Å²) in [5, 5.41) is 14.3. The Balaban J connectivity index is 1.60. The number of rotatable bonds is 10. The number of thioether (sulfide) groups is 1. The van der Waals surface area contributed by atoms with Crippen molar-refractivity contribution in [3.8, 4) is 11.4 Å². The fourth-order valence-corrected chi connectivity index (χ4v) is 4.99. The largest absolute Gasteiger partial charge is 0.350 e. The second-order valence-corrected chi connectivity index (χ2v) is 10.9. The van der Waals surface area contributed by atoms with E-state index in [0.29, 0.717) is 24.8 Å². The average molecular weight is 500 g/mol. The number of nitrogens with zero attached hydrogens (tertiary/aromatic N) is 4. The maximum atomic E-state index is 12.8. The van der Waals surface area contributed by atoms with Crippen LogP contribution in [0.2, 0.25) is 0 Å². The first-order valence-electron chi connectivity index (χ1n) is 11.5. The van der Waals surface area contributed by atoms with Crippen molar-refractivity contribution >= 4 is 34.9 Å². The van der Waals surface area contributed by atoms with Crippen LogP contribution in [0.1, 0.15) is 45.1 Å². The van der Waals surface area contributed by atoms with Gasteiger partial charge in [-0.25, -0.2) is 0 Å². The summed E-state index contributed by atoms with van der Waals surface area (Å²) in [4.78, 5) is 27.7. The third-order valence-corrected chi connectivity index (χ3v) is 7.30. The molecule has 7 nitrogen and oxygen atoms in total. The Morgan fingerprint density at radius 3 is 2.44 bits per heavy atom. The average Bonchev–Trinajstić information content (AvgIpc) is 3.48. The predicted octanol–water partition coefficient (Wildman–Crippen LogP) is 4.58. The Kier molecular flexibility index (Phi) is 8.90. The van der Waals surface area contributed by atoms with Crippen LogP contribution in [0.4, 0.5) is 0 Å². The summed E-state index contributed by atoms with van der Waals surface area (Å²) < 4.78 is 2.02. The molecule has 0 radical (unpaired) electrons. The number of hydrogen-bond donors (Lipinski definition) is 1. The number of hydrogen-bond acceptors (Lipinski definition) is 6. The lowest BCUT2D eigenvalue weighted by atomic mass is 9.87. The van der Waals surface area contributed by atoms with Gasteiger partial charge in [0.1, 0.15) is 0 Å². The van der Waals surface area contributed by atoms with Crippen molar-refractivity contribution in [2.75, 3.05) is 18.8 Å². The molecule has 2 aromatic heterocycles. The molecule has 0 unspecified atom stereocenters. The first-order valence-corrected chi connectivity index (χ1v) is 13.3. The van der Waals surface area contributed by atoms with Crippen molar-refractivity contribution in [3.63, 3.8) is 0 Å². The summed E-state index contributed by atoms with van der Waals surface area (Å²) in [6.45, 7) is 12.2. The summed E-state index contributed by atoms with van der Waals surface area (Å²) >= 11 is 2.95. The maximum Gasteiger partial charge on any atom is 0.239 e. The summed E-state index contributed by atoms with van der Waals surface area (Å²) in [6.07, 6.45) is 0. The van der Waals surface area contributed by atoms with Gasteiger partial charge in [-0.3, -0.25) is 9.59 Å². The number of nitrogens with one attached hydrogen (secondary N) is 1. The number of aromatic nitrogens is 3. The van der Waals surface area contributed by atoms with Gasteiger partial charge in [-0.15, -0.1) is 21.5 Å². The van der Waals surface area contributed by atoms with Crippen LogP contribution in [0.15, 0.2) is 46.9 Å². The Morgan fingerprint density at radius 1 is 1.12 bits per heavy atom. The van der Waals surface area contributed by atoms with E-state index >= 15 is 0 Å². The number of thiophene rings is 1. The molecule has 3 aromatic rings. The van der Waals surface area contributed by atoms with Gasteiger partial charge in [0.15, 0.2) is 11.0 Å². The van der Waals surface area contributed by atoms with Gasteiger partial charge in [0.25, 0.3) is 0 Å². The SMILES string of the molecule is CCN(CC(=O)NCc1cccs1)C(=O)CSc1nnc(-c2ccc(C(C)(C)C)cc2)n1CC. The molecule has 2 amide bonds. The molecule has 9 heteroatoms. The van der Waals surface area contributed by atoms with Crippen molar-refractivity contribution in [1.82, 2.24) is 25.0 Å². The van der Waals surface area contributed by atoms with Crippen LogP contribution < -0.4 is 5.32 Å². The van der Waals surface area contributed by atoms with Crippen molar-refractivity contribution in [1.29, 1.82) is 0 Å². The molecule has 0 spiro atoms. The van der Waals surface area contributed by atoms with Crippen LogP contribution in [0.5, 0.6) is 0 Å². The molecule has 0 saturated heterocycles. The number of likely N-dealkylation sites (N-methyl/N-ethyl adjacent to an activating group) is 1. The van der Waals surface area contributed by atoms with E-state index in [9.17, 15) is 9.59 Å². The third kappa shape index (κ3) is 6.70. The summed E-state index contributed by atoms with van der Waals surface area (Å²) in [7, 11) is 0. The highest BCUT2D eigenvalue weighted by Gasteiger charge is 2.20. The number of amides is 2. The minimum absolute atomic E-state index is 0.0487. The topological polar surface area (TPSA) is 80.1 Å². The zero-order valence-corrected chi connectivity index (χ0v) is 22.1. The number of benzene rings is 1. The molecule has 0 saturated carbocycles. The molecule has 1 N–H and O–H groups in total. The molecule has 182 valence electrons. The first-order chi connectivity index (χ1) is 16.2. The van der Waals surface area contributed by atoms with Crippen LogP contribution in [0.3, 0.4) is 0 Å². The zero-order valence-electron chi connectivity index (χ0n) is 20.5. The van der Waals surface area contributed by atoms with Gasteiger partial charge in [0.05, 0.1) is 18.8 Å². The highest BCUT2D eigenvalue weighted by atomic mass is 32.2. The fourth-order valence-electron chi connectivity index (χ4n) is 3.44. The second kappa shape index (κ2) is 11.7. The minimum atomic E-state index is -0.161. The maximum absolute atomic E-state index is 12.8. The Morgan fingerprint density at radius 2 is 1.85 bits per heavy atom. The normalized spacial score (nSPS) is 11.4. The highest BCUT2D eigenvalue weighted by molar-refractivity contribution is 7.99. The fraction of sp³-hybridized carbons (Fsp3) is 0.440. The van der Waals surface area contributed by atoms with E-state index < -0.39 is 0 Å². The molecular formula is C25H33N5O2S2. The summed E-state index contributed by atoms with van der Waals surface area (Å²) in [5.74, 6) is 0.734.